The SMILES string of the molecule is COc1cc(C(=O)N2CC(=O)Nc3cc(-c4ccc(C#N)cc4)ccc32)cc(OC)c1OC. The molecule has 8 nitrogen and oxygen atoms in total. The smallest absolute Gasteiger partial charge is 0.259 e. The van der Waals surface area contributed by atoms with Gasteiger partial charge in [-0.1, -0.05) is 18.2 Å². The molecule has 0 saturated carbocycles. The molecule has 1 aliphatic heterocycles. The molecule has 0 saturated heterocycles. The molecule has 1 N–H and O–H groups in total. The molecule has 8 heteroatoms. The Balaban J connectivity index is 1.73. The van der Waals surface area contributed by atoms with Crippen LogP contribution in [0.15, 0.2) is 54.6 Å². The normalized spacial score (nSPS) is 12.3. The van der Waals surface area contributed by atoms with Gasteiger partial charge in [-0.3, -0.25) is 14.5 Å². The molecule has 4 rings (SSSR count). The van der Waals surface area contributed by atoms with Gasteiger partial charge in [0.15, 0.2) is 11.5 Å². The first-order chi connectivity index (χ1) is 16.0. The summed E-state index contributed by atoms with van der Waals surface area (Å²) in [5.74, 6) is 0.383. The van der Waals surface area contributed by atoms with Crippen LogP contribution in [0.5, 0.6) is 17.2 Å². The van der Waals surface area contributed by atoms with Gasteiger partial charge in [0.1, 0.15) is 6.54 Å². The highest BCUT2D eigenvalue weighted by Crippen LogP contribution is 2.40. The summed E-state index contributed by atoms with van der Waals surface area (Å²) in [6, 6.07) is 17.8. The van der Waals surface area contributed by atoms with Crippen LogP contribution in [0.2, 0.25) is 0 Å². The van der Waals surface area contributed by atoms with Crippen molar-refractivity contribution in [1.29, 1.82) is 5.26 Å². The second-order valence-corrected chi connectivity index (χ2v) is 7.27. The second-order valence-electron chi connectivity index (χ2n) is 7.27. The third-order valence-electron chi connectivity index (χ3n) is 5.37. The molecule has 3 aromatic carbocycles. The van der Waals surface area contributed by atoms with Crippen LogP contribution in [0, 0.1) is 11.3 Å². The monoisotopic (exact) mass is 443 g/mol. The second kappa shape index (κ2) is 8.93. The number of benzene rings is 3. The van der Waals surface area contributed by atoms with Crippen molar-refractivity contribution in [2.24, 2.45) is 0 Å². The standard InChI is InChI=1S/C25H21N3O5/c1-31-21-11-18(12-22(32-2)24(21)33-3)25(30)28-14-23(29)27-19-10-17(8-9-20(19)28)16-6-4-15(13-26)5-7-16/h4-12H,14H2,1-3H3,(H,27,29). The van der Waals surface area contributed by atoms with Gasteiger partial charge in [-0.2, -0.15) is 5.26 Å². The molecule has 0 radical (unpaired) electrons. The molecular formula is C25H21N3O5. The number of nitrogens with zero attached hydrogens (tertiary/aromatic N) is 2. The van der Waals surface area contributed by atoms with Crippen LogP contribution in [0.4, 0.5) is 11.4 Å². The van der Waals surface area contributed by atoms with E-state index in [0.29, 0.717) is 39.8 Å². The Kier molecular flexibility index (Phi) is 5.87. The first kappa shape index (κ1) is 21.7. The minimum atomic E-state index is -0.378. The van der Waals surface area contributed by atoms with Gasteiger partial charge in [-0.15, -0.1) is 0 Å². The summed E-state index contributed by atoms with van der Waals surface area (Å²) in [4.78, 5) is 27.3. The zero-order chi connectivity index (χ0) is 23.5. The number of methoxy groups -OCH3 is 3. The molecule has 166 valence electrons. The van der Waals surface area contributed by atoms with Gasteiger partial charge in [-0.05, 0) is 47.5 Å². The fourth-order valence-corrected chi connectivity index (χ4v) is 3.75. The highest BCUT2D eigenvalue weighted by Gasteiger charge is 2.29. The van der Waals surface area contributed by atoms with Crippen LogP contribution in [-0.4, -0.2) is 39.7 Å². The Morgan fingerprint density at radius 2 is 1.58 bits per heavy atom. The van der Waals surface area contributed by atoms with Crippen molar-refractivity contribution in [3.8, 4) is 34.4 Å². The largest absolute Gasteiger partial charge is 0.493 e. The number of carbonyl (C=O) groups excluding carboxylic acids is 2. The summed E-state index contributed by atoms with van der Waals surface area (Å²) in [5, 5.41) is 11.8. The maximum atomic E-state index is 13.4. The van der Waals surface area contributed by atoms with Crippen LogP contribution >= 0.6 is 0 Å². The van der Waals surface area contributed by atoms with Crippen molar-refractivity contribution in [2.45, 2.75) is 0 Å². The van der Waals surface area contributed by atoms with Gasteiger partial charge in [0.25, 0.3) is 5.91 Å². The van der Waals surface area contributed by atoms with Crippen molar-refractivity contribution in [3.05, 3.63) is 65.7 Å². The highest BCUT2D eigenvalue weighted by atomic mass is 16.5. The number of nitriles is 1. The topological polar surface area (TPSA) is 101 Å². The molecule has 0 fully saturated rings. The number of ether oxygens (including phenoxy) is 3. The molecule has 1 heterocycles. The Hall–Kier alpha value is -4.51. The van der Waals surface area contributed by atoms with Crippen molar-refractivity contribution >= 4 is 23.2 Å². The van der Waals surface area contributed by atoms with Crippen molar-refractivity contribution in [2.75, 3.05) is 38.1 Å². The lowest BCUT2D eigenvalue weighted by Gasteiger charge is -2.30. The average molecular weight is 443 g/mol. The molecule has 0 bridgehead atoms. The lowest BCUT2D eigenvalue weighted by molar-refractivity contribution is -0.115. The van der Waals surface area contributed by atoms with Crippen LogP contribution < -0.4 is 24.4 Å². The molecule has 0 spiro atoms. The van der Waals surface area contributed by atoms with E-state index in [2.05, 4.69) is 11.4 Å². The van der Waals surface area contributed by atoms with Gasteiger partial charge in [0.2, 0.25) is 11.7 Å². The maximum absolute atomic E-state index is 13.4. The van der Waals surface area contributed by atoms with Gasteiger partial charge < -0.3 is 19.5 Å². The highest BCUT2D eigenvalue weighted by molar-refractivity contribution is 6.15. The van der Waals surface area contributed by atoms with Crippen molar-refractivity contribution in [3.63, 3.8) is 0 Å². The van der Waals surface area contributed by atoms with E-state index in [1.54, 1.807) is 30.3 Å². The lowest BCUT2D eigenvalue weighted by Crippen LogP contribution is -2.42. The minimum absolute atomic E-state index is 0.126. The van der Waals surface area contributed by atoms with E-state index in [4.69, 9.17) is 19.5 Å². The molecule has 1 aliphatic rings. The van der Waals surface area contributed by atoms with Crippen LogP contribution in [0.1, 0.15) is 15.9 Å². The third-order valence-corrected chi connectivity index (χ3v) is 5.37. The Bertz CT molecular complexity index is 1250. The number of hydrogen-bond acceptors (Lipinski definition) is 6. The molecular weight excluding hydrogens is 422 g/mol. The number of nitrogens with one attached hydrogen (secondary N) is 1. The Morgan fingerprint density at radius 3 is 2.15 bits per heavy atom. The molecule has 0 unspecified atom stereocenters. The van der Waals surface area contributed by atoms with E-state index in [0.717, 1.165) is 11.1 Å². The molecule has 3 aromatic rings. The summed E-state index contributed by atoms with van der Waals surface area (Å²) in [5.41, 5.74) is 3.69. The van der Waals surface area contributed by atoms with E-state index >= 15 is 0 Å². The predicted octanol–water partition coefficient (Wildman–Crippen LogP) is 3.85. The maximum Gasteiger partial charge on any atom is 0.259 e. The quantitative estimate of drug-likeness (QED) is 0.643. The zero-order valence-corrected chi connectivity index (χ0v) is 18.3. The number of rotatable bonds is 5. The average Bonchev–Trinajstić information content (AvgIpc) is 2.86. The summed E-state index contributed by atoms with van der Waals surface area (Å²) >= 11 is 0. The molecule has 33 heavy (non-hydrogen) atoms. The van der Waals surface area contributed by atoms with Gasteiger partial charge >= 0.3 is 0 Å². The Labute approximate surface area is 190 Å². The number of amides is 2. The Morgan fingerprint density at radius 1 is 0.939 bits per heavy atom. The van der Waals surface area contributed by atoms with Gasteiger partial charge in [0.05, 0.1) is 44.3 Å². The zero-order valence-electron chi connectivity index (χ0n) is 18.3. The molecule has 0 aromatic heterocycles. The number of fused-ring (bicyclic) bond motifs is 1. The molecule has 0 atom stereocenters. The first-order valence-corrected chi connectivity index (χ1v) is 10.1. The molecule has 2 amide bonds. The van der Waals surface area contributed by atoms with Crippen LogP contribution in [-0.2, 0) is 4.79 Å². The van der Waals surface area contributed by atoms with E-state index in [-0.39, 0.29) is 18.4 Å². The minimum Gasteiger partial charge on any atom is -0.493 e. The fraction of sp³-hybridized carbons (Fsp3) is 0.160. The third kappa shape index (κ3) is 4.04. The summed E-state index contributed by atoms with van der Waals surface area (Å²) < 4.78 is 16.0. The fourth-order valence-electron chi connectivity index (χ4n) is 3.75. The van der Waals surface area contributed by atoms with Crippen LogP contribution in [0.3, 0.4) is 0 Å². The predicted molar refractivity (Wildman–Crippen MR) is 123 cm³/mol. The molecule has 0 aliphatic carbocycles. The van der Waals surface area contributed by atoms with Crippen LogP contribution in [0.25, 0.3) is 11.1 Å². The first-order valence-electron chi connectivity index (χ1n) is 10.1. The summed E-state index contributed by atoms with van der Waals surface area (Å²) in [7, 11) is 4.43. The lowest BCUT2D eigenvalue weighted by atomic mass is 10.0. The van der Waals surface area contributed by atoms with E-state index < -0.39 is 0 Å². The van der Waals surface area contributed by atoms with Crippen molar-refractivity contribution in [1.82, 2.24) is 0 Å². The van der Waals surface area contributed by atoms with E-state index in [1.165, 1.54) is 26.2 Å². The van der Waals surface area contributed by atoms with Crippen molar-refractivity contribution < 1.29 is 23.8 Å². The van der Waals surface area contributed by atoms with E-state index in [1.807, 2.05) is 24.3 Å². The van der Waals surface area contributed by atoms with Gasteiger partial charge in [-0.25, -0.2) is 0 Å². The number of anilines is 2. The van der Waals surface area contributed by atoms with E-state index in [9.17, 15) is 9.59 Å². The summed E-state index contributed by atoms with van der Waals surface area (Å²) in [6.45, 7) is -0.126. The number of hydrogen-bond donors (Lipinski definition) is 1. The van der Waals surface area contributed by atoms with Gasteiger partial charge in [0, 0.05) is 5.56 Å². The number of carbonyl (C=O) groups is 2. The summed E-state index contributed by atoms with van der Waals surface area (Å²) in [6.07, 6.45) is 0.